The molecule has 0 aliphatic carbocycles. The summed E-state index contributed by atoms with van der Waals surface area (Å²) in [7, 11) is 1.59. The fourth-order valence-corrected chi connectivity index (χ4v) is 2.18. The van der Waals surface area contributed by atoms with E-state index in [0.717, 1.165) is 17.8 Å². The Labute approximate surface area is 137 Å². The Kier molecular flexibility index (Phi) is 5.97. The largest absolute Gasteiger partial charge is 0.416 e. The molecule has 2 aromatic rings. The molecule has 1 aromatic carbocycles. The maximum Gasteiger partial charge on any atom is 0.416 e. The highest BCUT2D eigenvalue weighted by Crippen LogP contribution is 2.29. The molecule has 1 aromatic heterocycles. The molecule has 1 heterocycles. The number of benzene rings is 1. The summed E-state index contributed by atoms with van der Waals surface area (Å²) in [5.41, 5.74) is 0.352. The quantitative estimate of drug-likeness (QED) is 0.841. The molecule has 0 unspecified atom stereocenters. The molecule has 0 bridgehead atoms. The molecule has 0 atom stereocenters. The molecule has 0 spiro atoms. The van der Waals surface area contributed by atoms with Gasteiger partial charge in [-0.2, -0.15) is 13.2 Å². The number of halogens is 3. The van der Waals surface area contributed by atoms with Crippen molar-refractivity contribution in [1.82, 2.24) is 14.9 Å². The van der Waals surface area contributed by atoms with Crippen LogP contribution in [0.25, 0.3) is 0 Å². The Hall–Kier alpha value is -2.35. The lowest BCUT2D eigenvalue weighted by atomic mass is 10.1. The van der Waals surface area contributed by atoms with Gasteiger partial charge in [-0.1, -0.05) is 18.2 Å². The zero-order chi connectivity index (χ0) is 17.6. The monoisotopic (exact) mass is 341 g/mol. The number of rotatable bonds is 7. The van der Waals surface area contributed by atoms with Crippen LogP contribution in [-0.4, -0.2) is 29.2 Å². The SMILES string of the molecule is COCCn1cncc1CNC(=O)Cc1cccc(C(F)(F)F)c1. The van der Waals surface area contributed by atoms with Crippen LogP contribution in [-0.2, 0) is 35.2 Å². The summed E-state index contributed by atoms with van der Waals surface area (Å²) in [6, 6.07) is 4.76. The van der Waals surface area contributed by atoms with E-state index >= 15 is 0 Å². The van der Waals surface area contributed by atoms with Crippen molar-refractivity contribution in [1.29, 1.82) is 0 Å². The van der Waals surface area contributed by atoms with Gasteiger partial charge in [-0.25, -0.2) is 4.98 Å². The van der Waals surface area contributed by atoms with Crippen LogP contribution >= 0.6 is 0 Å². The number of imidazole rings is 1. The fourth-order valence-electron chi connectivity index (χ4n) is 2.18. The number of ether oxygens (including phenoxy) is 1. The maximum atomic E-state index is 12.7. The van der Waals surface area contributed by atoms with Crippen LogP contribution in [0.4, 0.5) is 13.2 Å². The molecule has 1 amide bonds. The van der Waals surface area contributed by atoms with Crippen LogP contribution < -0.4 is 5.32 Å². The van der Waals surface area contributed by atoms with Crippen LogP contribution in [0.2, 0.25) is 0 Å². The molecular weight excluding hydrogens is 323 g/mol. The summed E-state index contributed by atoms with van der Waals surface area (Å²) in [4.78, 5) is 16.0. The molecule has 2 rings (SSSR count). The van der Waals surface area contributed by atoms with E-state index in [4.69, 9.17) is 4.74 Å². The zero-order valence-electron chi connectivity index (χ0n) is 13.1. The number of carbonyl (C=O) groups excluding carboxylic acids is 1. The van der Waals surface area contributed by atoms with Crippen molar-refractivity contribution >= 4 is 5.91 Å². The number of hydrogen-bond donors (Lipinski definition) is 1. The van der Waals surface area contributed by atoms with E-state index in [2.05, 4.69) is 10.3 Å². The van der Waals surface area contributed by atoms with Gasteiger partial charge < -0.3 is 14.6 Å². The molecule has 0 radical (unpaired) electrons. The first-order valence-corrected chi connectivity index (χ1v) is 7.31. The van der Waals surface area contributed by atoms with Gasteiger partial charge in [0.05, 0.1) is 37.2 Å². The van der Waals surface area contributed by atoms with Crippen molar-refractivity contribution in [2.24, 2.45) is 0 Å². The Morgan fingerprint density at radius 3 is 2.88 bits per heavy atom. The Balaban J connectivity index is 1.91. The van der Waals surface area contributed by atoms with Crippen molar-refractivity contribution in [2.45, 2.75) is 25.7 Å². The molecule has 0 fully saturated rings. The first kappa shape index (κ1) is 18.0. The normalized spacial score (nSPS) is 11.5. The zero-order valence-corrected chi connectivity index (χ0v) is 13.1. The maximum absolute atomic E-state index is 12.7. The minimum Gasteiger partial charge on any atom is -0.383 e. The number of nitrogens with zero attached hydrogens (tertiary/aromatic N) is 2. The van der Waals surface area contributed by atoms with E-state index in [1.807, 2.05) is 4.57 Å². The van der Waals surface area contributed by atoms with E-state index in [1.165, 1.54) is 12.1 Å². The summed E-state index contributed by atoms with van der Waals surface area (Å²) in [6.45, 7) is 1.37. The topological polar surface area (TPSA) is 56.1 Å². The molecule has 0 aliphatic heterocycles. The lowest BCUT2D eigenvalue weighted by Crippen LogP contribution is -2.26. The van der Waals surface area contributed by atoms with Crippen LogP contribution in [0, 0.1) is 0 Å². The van der Waals surface area contributed by atoms with Crippen molar-refractivity contribution in [3.8, 4) is 0 Å². The number of carbonyl (C=O) groups is 1. The highest BCUT2D eigenvalue weighted by molar-refractivity contribution is 5.78. The van der Waals surface area contributed by atoms with E-state index in [9.17, 15) is 18.0 Å². The average molecular weight is 341 g/mol. The third-order valence-corrected chi connectivity index (χ3v) is 3.42. The molecule has 1 N–H and O–H groups in total. The summed E-state index contributed by atoms with van der Waals surface area (Å²) in [5, 5.41) is 2.69. The molecule has 24 heavy (non-hydrogen) atoms. The second kappa shape index (κ2) is 7.96. The lowest BCUT2D eigenvalue weighted by molar-refractivity contribution is -0.137. The number of methoxy groups -OCH3 is 1. The summed E-state index contributed by atoms with van der Waals surface area (Å²) >= 11 is 0. The van der Waals surface area contributed by atoms with Crippen LogP contribution in [0.5, 0.6) is 0 Å². The molecule has 0 aliphatic rings. The van der Waals surface area contributed by atoms with Crippen LogP contribution in [0.15, 0.2) is 36.8 Å². The third-order valence-electron chi connectivity index (χ3n) is 3.42. The first-order chi connectivity index (χ1) is 11.4. The molecule has 5 nitrogen and oxygen atoms in total. The Morgan fingerprint density at radius 2 is 2.17 bits per heavy atom. The minimum absolute atomic E-state index is 0.115. The van der Waals surface area contributed by atoms with E-state index in [0.29, 0.717) is 18.7 Å². The minimum atomic E-state index is -4.42. The van der Waals surface area contributed by atoms with Gasteiger partial charge in [-0.05, 0) is 11.6 Å². The molecule has 130 valence electrons. The number of aromatic nitrogens is 2. The van der Waals surface area contributed by atoms with Crippen molar-refractivity contribution in [3.63, 3.8) is 0 Å². The number of hydrogen-bond acceptors (Lipinski definition) is 3. The molecular formula is C16H18F3N3O2. The number of amides is 1. The predicted octanol–water partition coefficient (Wildman–Crippen LogP) is 2.41. The van der Waals surface area contributed by atoms with Gasteiger partial charge >= 0.3 is 6.18 Å². The first-order valence-electron chi connectivity index (χ1n) is 7.31. The van der Waals surface area contributed by atoms with E-state index in [1.54, 1.807) is 19.6 Å². The summed E-state index contributed by atoms with van der Waals surface area (Å²) in [6.07, 6.45) is -1.27. The summed E-state index contributed by atoms with van der Waals surface area (Å²) < 4.78 is 44.8. The average Bonchev–Trinajstić information content (AvgIpc) is 2.98. The van der Waals surface area contributed by atoms with Crippen molar-refractivity contribution in [2.75, 3.05) is 13.7 Å². The molecule has 8 heteroatoms. The summed E-state index contributed by atoms with van der Waals surface area (Å²) in [5.74, 6) is -0.353. The van der Waals surface area contributed by atoms with Gasteiger partial charge in [0, 0.05) is 19.9 Å². The van der Waals surface area contributed by atoms with Gasteiger partial charge in [0.15, 0.2) is 0 Å². The highest BCUT2D eigenvalue weighted by Gasteiger charge is 2.30. The second-order valence-corrected chi connectivity index (χ2v) is 5.22. The van der Waals surface area contributed by atoms with Gasteiger partial charge in [0.25, 0.3) is 0 Å². The van der Waals surface area contributed by atoms with E-state index < -0.39 is 11.7 Å². The van der Waals surface area contributed by atoms with Gasteiger partial charge in [-0.15, -0.1) is 0 Å². The number of nitrogens with one attached hydrogen (secondary N) is 1. The number of alkyl halides is 3. The third kappa shape index (κ3) is 5.09. The van der Waals surface area contributed by atoms with Gasteiger partial charge in [-0.3, -0.25) is 4.79 Å². The van der Waals surface area contributed by atoms with Gasteiger partial charge in [0.1, 0.15) is 0 Å². The Bertz CT molecular complexity index is 683. The van der Waals surface area contributed by atoms with Gasteiger partial charge in [0.2, 0.25) is 5.91 Å². The standard InChI is InChI=1S/C16H18F3N3O2/c1-24-6-5-22-11-20-9-14(22)10-21-15(23)8-12-3-2-4-13(7-12)16(17,18)19/h2-4,7,9,11H,5-6,8,10H2,1H3,(H,21,23). The van der Waals surface area contributed by atoms with E-state index in [-0.39, 0.29) is 18.9 Å². The smallest absolute Gasteiger partial charge is 0.383 e. The second-order valence-electron chi connectivity index (χ2n) is 5.22. The van der Waals surface area contributed by atoms with Crippen molar-refractivity contribution in [3.05, 3.63) is 53.6 Å². The highest BCUT2D eigenvalue weighted by atomic mass is 19.4. The Morgan fingerprint density at radius 1 is 1.38 bits per heavy atom. The van der Waals surface area contributed by atoms with Crippen LogP contribution in [0.3, 0.4) is 0 Å². The van der Waals surface area contributed by atoms with Crippen LogP contribution in [0.1, 0.15) is 16.8 Å². The molecule has 0 saturated carbocycles. The fraction of sp³-hybridized carbons (Fsp3) is 0.375. The predicted molar refractivity (Wildman–Crippen MR) is 81.1 cm³/mol. The molecule has 0 saturated heterocycles. The lowest BCUT2D eigenvalue weighted by Gasteiger charge is -2.10. The van der Waals surface area contributed by atoms with Crippen molar-refractivity contribution < 1.29 is 22.7 Å².